The van der Waals surface area contributed by atoms with E-state index in [1.54, 1.807) is 0 Å². The van der Waals surface area contributed by atoms with Crippen molar-refractivity contribution in [2.45, 2.75) is 290 Å². The molecule has 1 unspecified atom stereocenters. The second-order valence-corrected chi connectivity index (χ2v) is 19.2. The second-order valence-electron chi connectivity index (χ2n) is 19.2. The summed E-state index contributed by atoms with van der Waals surface area (Å²) in [6.45, 7) is 6.43. The van der Waals surface area contributed by atoms with Crippen LogP contribution in [0, 0.1) is 0 Å². The van der Waals surface area contributed by atoms with Crippen LogP contribution in [-0.4, -0.2) is 37.2 Å². The Bertz CT molecular complexity index is 1270. The van der Waals surface area contributed by atoms with Crippen LogP contribution in [-0.2, 0) is 28.6 Å². The first kappa shape index (κ1) is 64.8. The Morgan fingerprint density at radius 1 is 0.309 bits per heavy atom. The molecule has 0 heterocycles. The van der Waals surface area contributed by atoms with E-state index in [9.17, 15) is 14.4 Å². The summed E-state index contributed by atoms with van der Waals surface area (Å²) in [6.07, 6.45) is 72.4. The van der Waals surface area contributed by atoms with Crippen LogP contribution in [0.3, 0.4) is 0 Å². The molecule has 0 aliphatic rings. The lowest BCUT2D eigenvalue weighted by molar-refractivity contribution is -0.167. The van der Waals surface area contributed by atoms with Crippen molar-refractivity contribution in [3.63, 3.8) is 0 Å². The third-order valence-electron chi connectivity index (χ3n) is 12.4. The van der Waals surface area contributed by atoms with E-state index >= 15 is 0 Å². The van der Waals surface area contributed by atoms with Crippen molar-refractivity contribution in [3.8, 4) is 0 Å². The van der Waals surface area contributed by atoms with Crippen molar-refractivity contribution in [1.29, 1.82) is 0 Å². The highest BCUT2D eigenvalue weighted by molar-refractivity contribution is 5.71. The number of hydrogen-bond donors (Lipinski definition) is 0. The fourth-order valence-electron chi connectivity index (χ4n) is 8.10. The van der Waals surface area contributed by atoms with Crippen molar-refractivity contribution in [2.75, 3.05) is 13.2 Å². The summed E-state index contributed by atoms with van der Waals surface area (Å²) in [7, 11) is 0. The molecule has 0 aromatic rings. The molecule has 0 aromatic carbocycles. The van der Waals surface area contributed by atoms with E-state index < -0.39 is 6.10 Å². The largest absolute Gasteiger partial charge is 0.462 e. The second kappa shape index (κ2) is 56.4. The Morgan fingerprint density at radius 3 is 0.956 bits per heavy atom. The van der Waals surface area contributed by atoms with E-state index in [4.69, 9.17) is 14.2 Å². The first-order chi connectivity index (χ1) is 33.5. The van der Waals surface area contributed by atoms with Crippen LogP contribution in [0.25, 0.3) is 0 Å². The molecule has 68 heavy (non-hydrogen) atoms. The lowest BCUT2D eigenvalue weighted by Gasteiger charge is -2.18. The lowest BCUT2D eigenvalue weighted by atomic mass is 10.0. The standard InChI is InChI=1S/C62H108O6/c1-4-7-10-13-16-18-20-21-22-23-24-25-26-27-28-29-30-31-32-33-34-35-36-37-38-39-40-41-43-44-46-49-52-55-61(64)67-58-59(57-66-60(63)54-51-48-15-12-9-6-3)68-62(65)56-53-50-47-45-42-19-17-14-11-8-5-2/h7,10,14,16-18,21-22,24-25,27-28,59H,4-6,8-9,11-13,15,19-20,23,26,29-58H2,1-3H3/b10-7-,17-14-,18-16-,22-21-,25-24-,28-27-. The Labute approximate surface area is 421 Å². The molecule has 0 saturated heterocycles. The van der Waals surface area contributed by atoms with Crippen LogP contribution >= 0.6 is 0 Å². The quantitative estimate of drug-likeness (QED) is 0.0262. The third kappa shape index (κ3) is 53.8. The Kier molecular flexibility index (Phi) is 53.8. The topological polar surface area (TPSA) is 78.9 Å². The Morgan fingerprint density at radius 2 is 0.588 bits per heavy atom. The van der Waals surface area contributed by atoms with E-state index in [-0.39, 0.29) is 31.1 Å². The molecule has 0 radical (unpaired) electrons. The molecule has 0 rings (SSSR count). The van der Waals surface area contributed by atoms with Gasteiger partial charge in [0.25, 0.3) is 0 Å². The van der Waals surface area contributed by atoms with Crippen LogP contribution in [0.4, 0.5) is 0 Å². The van der Waals surface area contributed by atoms with E-state index in [1.807, 2.05) is 0 Å². The monoisotopic (exact) mass is 949 g/mol. The molecule has 0 spiro atoms. The highest BCUT2D eigenvalue weighted by Gasteiger charge is 2.19. The summed E-state index contributed by atoms with van der Waals surface area (Å²) in [5.74, 6) is -0.889. The maximum Gasteiger partial charge on any atom is 0.306 e. The first-order valence-electron chi connectivity index (χ1n) is 28.9. The van der Waals surface area contributed by atoms with Gasteiger partial charge in [0.05, 0.1) is 0 Å². The first-order valence-corrected chi connectivity index (χ1v) is 28.9. The zero-order valence-electron chi connectivity index (χ0n) is 44.9. The molecule has 6 nitrogen and oxygen atoms in total. The highest BCUT2D eigenvalue weighted by Crippen LogP contribution is 2.16. The number of carbonyl (C=O) groups excluding carboxylic acids is 3. The van der Waals surface area contributed by atoms with Crippen LogP contribution in [0.1, 0.15) is 284 Å². The lowest BCUT2D eigenvalue weighted by Crippen LogP contribution is -2.30. The van der Waals surface area contributed by atoms with Crippen molar-refractivity contribution < 1.29 is 28.6 Å². The van der Waals surface area contributed by atoms with Crippen LogP contribution in [0.15, 0.2) is 72.9 Å². The number of rotatable bonds is 52. The number of hydrogen-bond acceptors (Lipinski definition) is 6. The minimum Gasteiger partial charge on any atom is -0.462 e. The molecule has 0 amide bonds. The van der Waals surface area contributed by atoms with Gasteiger partial charge in [-0.05, 0) is 83.5 Å². The molecule has 392 valence electrons. The SMILES string of the molecule is CC/C=C\C/C=C\C/C=C\C/C=C\C/C=C\CCCCCCCCCCCCCCCCCCCC(=O)OCC(COC(=O)CCCCCCCC)OC(=O)CCCCCCC/C=C\CCCC. The minimum absolute atomic E-state index is 0.0753. The number of esters is 3. The predicted octanol–water partition coefficient (Wildman–Crippen LogP) is 19.4. The van der Waals surface area contributed by atoms with Crippen molar-refractivity contribution in [3.05, 3.63) is 72.9 Å². The maximum absolute atomic E-state index is 12.7. The molecule has 0 saturated carbocycles. The normalized spacial score (nSPS) is 12.6. The van der Waals surface area contributed by atoms with Gasteiger partial charge in [-0.2, -0.15) is 0 Å². The van der Waals surface area contributed by atoms with Gasteiger partial charge in [0.1, 0.15) is 13.2 Å². The molecule has 6 heteroatoms. The predicted molar refractivity (Wildman–Crippen MR) is 293 cm³/mol. The molecular weight excluding hydrogens is 841 g/mol. The summed E-state index contributed by atoms with van der Waals surface area (Å²) >= 11 is 0. The van der Waals surface area contributed by atoms with Gasteiger partial charge in [0, 0.05) is 19.3 Å². The van der Waals surface area contributed by atoms with Gasteiger partial charge < -0.3 is 14.2 Å². The number of carbonyl (C=O) groups is 3. The molecule has 0 bridgehead atoms. The molecule has 0 N–H and O–H groups in total. The maximum atomic E-state index is 12.7. The summed E-state index contributed by atoms with van der Waals surface area (Å²) in [6, 6.07) is 0. The van der Waals surface area contributed by atoms with E-state index in [0.29, 0.717) is 19.3 Å². The summed E-state index contributed by atoms with van der Waals surface area (Å²) < 4.78 is 16.7. The van der Waals surface area contributed by atoms with Gasteiger partial charge in [-0.1, -0.05) is 254 Å². The summed E-state index contributed by atoms with van der Waals surface area (Å²) in [5.41, 5.74) is 0. The molecule has 0 aliphatic carbocycles. The van der Waals surface area contributed by atoms with Crippen molar-refractivity contribution >= 4 is 17.9 Å². The fourth-order valence-corrected chi connectivity index (χ4v) is 8.10. The molecule has 0 fully saturated rings. The highest BCUT2D eigenvalue weighted by atomic mass is 16.6. The number of unbranched alkanes of at least 4 members (excludes halogenated alkanes) is 29. The molecule has 1 atom stereocenters. The van der Waals surface area contributed by atoms with Crippen molar-refractivity contribution in [1.82, 2.24) is 0 Å². The Hall–Kier alpha value is -3.15. The molecule has 0 aromatic heterocycles. The summed E-state index contributed by atoms with van der Waals surface area (Å²) in [4.78, 5) is 37.7. The van der Waals surface area contributed by atoms with Crippen LogP contribution in [0.2, 0.25) is 0 Å². The van der Waals surface area contributed by atoms with Crippen LogP contribution < -0.4 is 0 Å². The number of allylic oxidation sites excluding steroid dienone is 12. The zero-order chi connectivity index (χ0) is 49.3. The van der Waals surface area contributed by atoms with Crippen molar-refractivity contribution in [2.24, 2.45) is 0 Å². The van der Waals surface area contributed by atoms with Gasteiger partial charge in [-0.25, -0.2) is 0 Å². The number of ether oxygens (including phenoxy) is 3. The van der Waals surface area contributed by atoms with Gasteiger partial charge in [0.2, 0.25) is 0 Å². The van der Waals surface area contributed by atoms with Gasteiger partial charge in [-0.3, -0.25) is 14.4 Å². The van der Waals surface area contributed by atoms with Gasteiger partial charge in [0.15, 0.2) is 6.10 Å². The zero-order valence-corrected chi connectivity index (χ0v) is 44.9. The van der Waals surface area contributed by atoms with E-state index in [1.165, 1.54) is 141 Å². The van der Waals surface area contributed by atoms with E-state index in [0.717, 1.165) is 103 Å². The molecule has 0 aliphatic heterocycles. The smallest absolute Gasteiger partial charge is 0.306 e. The molecular formula is C62H108O6. The average molecular weight is 950 g/mol. The van der Waals surface area contributed by atoms with Gasteiger partial charge >= 0.3 is 17.9 Å². The minimum atomic E-state index is -0.772. The Balaban J connectivity index is 3.93. The fraction of sp³-hybridized carbons (Fsp3) is 0.758. The third-order valence-corrected chi connectivity index (χ3v) is 12.4. The van der Waals surface area contributed by atoms with E-state index in [2.05, 4.69) is 93.7 Å². The summed E-state index contributed by atoms with van der Waals surface area (Å²) in [5, 5.41) is 0. The van der Waals surface area contributed by atoms with Gasteiger partial charge in [-0.15, -0.1) is 0 Å². The average Bonchev–Trinajstić information content (AvgIpc) is 3.34. The van der Waals surface area contributed by atoms with Crippen LogP contribution in [0.5, 0.6) is 0 Å².